The van der Waals surface area contributed by atoms with Crippen LogP contribution in [0.3, 0.4) is 0 Å². The van der Waals surface area contributed by atoms with Crippen LogP contribution >= 0.6 is 11.3 Å². The second-order valence-electron chi connectivity index (χ2n) is 5.93. The van der Waals surface area contributed by atoms with Crippen LogP contribution in [0.25, 0.3) is 0 Å². The fourth-order valence-corrected chi connectivity index (χ4v) is 3.78. The summed E-state index contributed by atoms with van der Waals surface area (Å²) in [5.74, 6) is 1.22. The molecule has 1 aliphatic carbocycles. The fourth-order valence-electron chi connectivity index (χ4n) is 2.87. The van der Waals surface area contributed by atoms with E-state index in [4.69, 9.17) is 9.47 Å². The summed E-state index contributed by atoms with van der Waals surface area (Å²) in [6.45, 7) is 0.395. The van der Waals surface area contributed by atoms with Gasteiger partial charge in [0, 0.05) is 10.4 Å². The van der Waals surface area contributed by atoms with E-state index in [-0.39, 0.29) is 25.2 Å². The van der Waals surface area contributed by atoms with E-state index in [9.17, 15) is 9.90 Å². The molecule has 0 radical (unpaired) electrons. The molecule has 1 unspecified atom stereocenters. The van der Waals surface area contributed by atoms with Crippen LogP contribution in [0, 0.1) is 5.92 Å². The van der Waals surface area contributed by atoms with E-state index in [2.05, 4.69) is 5.32 Å². The first kappa shape index (κ1) is 14.5. The fraction of sp³-hybridized carbons (Fsp3) is 0.353. The quantitative estimate of drug-likeness (QED) is 0.883. The number of ether oxygens (including phenoxy) is 2. The van der Waals surface area contributed by atoms with Crippen molar-refractivity contribution in [1.29, 1.82) is 0 Å². The van der Waals surface area contributed by atoms with Crippen molar-refractivity contribution >= 4 is 17.2 Å². The summed E-state index contributed by atoms with van der Waals surface area (Å²) in [5.41, 5.74) is -0.473. The Bertz CT molecular complexity index is 726. The Morgan fingerprint density at radius 1 is 1.30 bits per heavy atom. The number of benzene rings is 1. The zero-order valence-corrected chi connectivity index (χ0v) is 13.3. The van der Waals surface area contributed by atoms with Gasteiger partial charge < -0.3 is 19.9 Å². The van der Waals surface area contributed by atoms with E-state index in [1.807, 2.05) is 17.5 Å². The molecule has 4 rings (SSSR count). The second-order valence-corrected chi connectivity index (χ2v) is 6.87. The van der Waals surface area contributed by atoms with Crippen LogP contribution in [0.1, 0.15) is 28.1 Å². The average Bonchev–Trinajstić information content (AvgIpc) is 3.10. The van der Waals surface area contributed by atoms with Crippen LogP contribution in [0.2, 0.25) is 0 Å². The normalized spacial score (nSPS) is 18.5. The minimum atomic E-state index is -0.972. The molecule has 0 spiro atoms. The molecule has 1 saturated carbocycles. The molecule has 2 heterocycles. The van der Waals surface area contributed by atoms with E-state index in [1.54, 1.807) is 18.2 Å². The molecular formula is C17H17NO4S. The number of hydrogen-bond acceptors (Lipinski definition) is 5. The van der Waals surface area contributed by atoms with Gasteiger partial charge in [0.1, 0.15) is 5.60 Å². The largest absolute Gasteiger partial charge is 0.454 e. The smallest absolute Gasteiger partial charge is 0.251 e. The van der Waals surface area contributed by atoms with Gasteiger partial charge in [-0.25, -0.2) is 0 Å². The van der Waals surface area contributed by atoms with Crippen LogP contribution in [-0.4, -0.2) is 24.4 Å². The zero-order valence-electron chi connectivity index (χ0n) is 12.5. The number of carbonyl (C=O) groups excluding carboxylic acids is 1. The molecule has 23 heavy (non-hydrogen) atoms. The summed E-state index contributed by atoms with van der Waals surface area (Å²) < 4.78 is 10.5. The number of aliphatic hydroxyl groups is 1. The van der Waals surface area contributed by atoms with Gasteiger partial charge in [-0.2, -0.15) is 0 Å². The summed E-state index contributed by atoms with van der Waals surface area (Å²) in [7, 11) is 0. The van der Waals surface area contributed by atoms with Crippen molar-refractivity contribution < 1.29 is 19.4 Å². The topological polar surface area (TPSA) is 67.8 Å². The number of fused-ring (bicyclic) bond motifs is 1. The highest BCUT2D eigenvalue weighted by Crippen LogP contribution is 2.46. The van der Waals surface area contributed by atoms with Gasteiger partial charge in [-0.3, -0.25) is 4.79 Å². The van der Waals surface area contributed by atoms with E-state index >= 15 is 0 Å². The minimum absolute atomic E-state index is 0.181. The Labute approximate surface area is 137 Å². The Balaban J connectivity index is 1.48. The molecule has 120 valence electrons. The van der Waals surface area contributed by atoms with Crippen molar-refractivity contribution in [2.45, 2.75) is 18.4 Å². The zero-order chi connectivity index (χ0) is 15.9. The summed E-state index contributed by atoms with van der Waals surface area (Å²) in [5, 5.41) is 15.8. The van der Waals surface area contributed by atoms with Crippen LogP contribution in [0.4, 0.5) is 0 Å². The lowest BCUT2D eigenvalue weighted by Gasteiger charge is -2.27. The number of hydrogen-bond donors (Lipinski definition) is 2. The molecule has 2 aromatic rings. The van der Waals surface area contributed by atoms with E-state index in [1.165, 1.54) is 11.3 Å². The van der Waals surface area contributed by atoms with Crippen molar-refractivity contribution in [2.24, 2.45) is 5.92 Å². The molecule has 1 aromatic carbocycles. The second kappa shape index (κ2) is 5.54. The molecule has 1 atom stereocenters. The van der Waals surface area contributed by atoms with Crippen molar-refractivity contribution in [2.75, 3.05) is 13.3 Å². The van der Waals surface area contributed by atoms with Crippen LogP contribution in [-0.2, 0) is 5.60 Å². The predicted octanol–water partition coefficient (Wildman–Crippen LogP) is 2.50. The Kier molecular flexibility index (Phi) is 3.50. The first-order valence-electron chi connectivity index (χ1n) is 7.61. The van der Waals surface area contributed by atoms with Gasteiger partial charge in [0.25, 0.3) is 5.91 Å². The summed E-state index contributed by atoms with van der Waals surface area (Å²) in [6.07, 6.45) is 1.99. The van der Waals surface area contributed by atoms with Gasteiger partial charge in [-0.1, -0.05) is 6.07 Å². The highest BCUT2D eigenvalue weighted by Gasteiger charge is 2.46. The van der Waals surface area contributed by atoms with Gasteiger partial charge in [0.15, 0.2) is 11.5 Å². The first-order valence-corrected chi connectivity index (χ1v) is 8.49. The molecule has 2 N–H and O–H groups in total. The van der Waals surface area contributed by atoms with Gasteiger partial charge in [0.05, 0.1) is 6.54 Å². The third kappa shape index (κ3) is 2.68. The van der Waals surface area contributed by atoms with Gasteiger partial charge in [-0.05, 0) is 48.4 Å². The molecule has 1 amide bonds. The lowest BCUT2D eigenvalue weighted by atomic mass is 9.95. The van der Waals surface area contributed by atoms with Crippen molar-refractivity contribution in [3.63, 3.8) is 0 Å². The summed E-state index contributed by atoms with van der Waals surface area (Å²) in [4.78, 5) is 13.3. The van der Waals surface area contributed by atoms with Gasteiger partial charge in [-0.15, -0.1) is 11.3 Å². The van der Waals surface area contributed by atoms with Crippen LogP contribution < -0.4 is 14.8 Å². The molecule has 5 nitrogen and oxygen atoms in total. The SMILES string of the molecule is O=C(NCC(O)(c1cccs1)C1CC1)c1ccc2c(c1)OCO2. The van der Waals surface area contributed by atoms with Crippen LogP contribution in [0.15, 0.2) is 35.7 Å². The Morgan fingerprint density at radius 3 is 2.87 bits per heavy atom. The van der Waals surface area contributed by atoms with E-state index in [0.29, 0.717) is 17.1 Å². The molecule has 1 aromatic heterocycles. The number of nitrogens with one attached hydrogen (secondary N) is 1. The highest BCUT2D eigenvalue weighted by atomic mass is 32.1. The van der Waals surface area contributed by atoms with E-state index in [0.717, 1.165) is 17.7 Å². The number of carbonyl (C=O) groups is 1. The average molecular weight is 331 g/mol. The summed E-state index contributed by atoms with van der Waals surface area (Å²) in [6, 6.07) is 8.94. The third-order valence-electron chi connectivity index (χ3n) is 4.35. The Morgan fingerprint density at radius 2 is 2.13 bits per heavy atom. The maximum atomic E-state index is 12.4. The van der Waals surface area contributed by atoms with Gasteiger partial charge >= 0.3 is 0 Å². The van der Waals surface area contributed by atoms with E-state index < -0.39 is 5.60 Å². The van der Waals surface area contributed by atoms with Gasteiger partial charge in [0.2, 0.25) is 6.79 Å². The number of amides is 1. The molecule has 0 saturated heterocycles. The molecule has 1 aliphatic heterocycles. The highest BCUT2D eigenvalue weighted by molar-refractivity contribution is 7.10. The molecule has 6 heteroatoms. The molecular weight excluding hydrogens is 314 g/mol. The predicted molar refractivity (Wildman–Crippen MR) is 85.8 cm³/mol. The Hall–Kier alpha value is -2.05. The van der Waals surface area contributed by atoms with Crippen molar-refractivity contribution in [1.82, 2.24) is 5.32 Å². The maximum absolute atomic E-state index is 12.4. The first-order chi connectivity index (χ1) is 11.2. The lowest BCUT2D eigenvalue weighted by molar-refractivity contribution is 0.0169. The molecule has 1 fully saturated rings. The third-order valence-corrected chi connectivity index (χ3v) is 5.39. The summed E-state index contributed by atoms with van der Waals surface area (Å²) >= 11 is 1.52. The molecule has 2 aliphatic rings. The van der Waals surface area contributed by atoms with Crippen molar-refractivity contribution in [3.05, 3.63) is 46.2 Å². The standard InChI is InChI=1S/C17H17NO4S/c19-16(11-3-6-13-14(8-11)22-10-21-13)18-9-17(20,12-4-5-12)15-2-1-7-23-15/h1-3,6-8,12,20H,4-5,9-10H2,(H,18,19). The minimum Gasteiger partial charge on any atom is -0.454 e. The van der Waals surface area contributed by atoms with Crippen LogP contribution in [0.5, 0.6) is 11.5 Å². The number of rotatable bonds is 5. The monoisotopic (exact) mass is 331 g/mol. The lowest BCUT2D eigenvalue weighted by Crippen LogP contribution is -2.42. The molecule has 0 bridgehead atoms. The maximum Gasteiger partial charge on any atom is 0.251 e. The number of thiophene rings is 1. The van der Waals surface area contributed by atoms with Crippen molar-refractivity contribution in [3.8, 4) is 11.5 Å².